The highest BCUT2D eigenvalue weighted by Gasteiger charge is 2.30. The van der Waals surface area contributed by atoms with Crippen molar-refractivity contribution in [2.45, 2.75) is 446 Å². The second-order valence-electron chi connectivity index (χ2n) is 31.5. The number of esters is 4. The van der Waals surface area contributed by atoms with Crippen LogP contribution in [0, 0.1) is 23.7 Å². The fourth-order valence-electron chi connectivity index (χ4n) is 12.8. The lowest BCUT2D eigenvalue weighted by Crippen LogP contribution is -2.30. The fraction of sp³-hybridized carbons (Fsp3) is 0.952. The number of phosphoric acid groups is 2. The van der Waals surface area contributed by atoms with E-state index in [1.54, 1.807) is 0 Å². The summed E-state index contributed by atoms with van der Waals surface area (Å²) in [6.45, 7) is 14.3. The van der Waals surface area contributed by atoms with Gasteiger partial charge in [-0.05, 0) is 49.4 Å². The third-order valence-corrected chi connectivity index (χ3v) is 21.6. The second-order valence-corrected chi connectivity index (χ2v) is 34.4. The second kappa shape index (κ2) is 72.0. The predicted molar refractivity (Wildman–Crippen MR) is 418 cm³/mol. The Labute approximate surface area is 626 Å². The normalized spacial score (nSPS) is 14.3. The number of hydrogen-bond donors (Lipinski definition) is 3. The van der Waals surface area contributed by atoms with Crippen LogP contribution in [0.3, 0.4) is 0 Å². The lowest BCUT2D eigenvalue weighted by atomic mass is 9.99. The molecule has 0 aliphatic rings. The van der Waals surface area contributed by atoms with E-state index >= 15 is 0 Å². The van der Waals surface area contributed by atoms with Gasteiger partial charge in [0.1, 0.15) is 19.3 Å². The number of aliphatic hydroxyl groups excluding tert-OH is 1. The summed E-state index contributed by atoms with van der Waals surface area (Å²) in [6.07, 6.45) is 59.9. The summed E-state index contributed by atoms with van der Waals surface area (Å²) in [6, 6.07) is 0. The van der Waals surface area contributed by atoms with E-state index in [9.17, 15) is 43.2 Å². The maximum absolute atomic E-state index is 13.1. The summed E-state index contributed by atoms with van der Waals surface area (Å²) in [7, 11) is -9.92. The van der Waals surface area contributed by atoms with E-state index in [-0.39, 0.29) is 25.7 Å². The standard InChI is InChI=1S/C83H162O17P2/c1-9-76(8)62-54-46-37-31-25-18-14-12-10-11-13-15-19-26-32-38-47-55-63-80(85)93-69-78(99-82(87)66-58-50-40-34-28-22-21-24-30-36-44-52-60-74(4)5)71-97-101(89,90)95-67-77(84)68-96-102(91,92)98-72-79(70-94-81(86)64-56-48-42-41-45-53-61-75(6)7)100-83(88)65-57-49-39-33-27-20-16-17-23-29-35-43-51-59-73(2)3/h73-79,84H,9-72H2,1-8H3,(H,89,90)(H,91,92)/t76?,77-,78-,79-/m1/s1. The predicted octanol–water partition coefficient (Wildman–Crippen LogP) is 24.8. The van der Waals surface area contributed by atoms with Crippen molar-refractivity contribution in [3.8, 4) is 0 Å². The summed E-state index contributed by atoms with van der Waals surface area (Å²) in [5, 5.41) is 10.6. The van der Waals surface area contributed by atoms with Crippen LogP contribution < -0.4 is 0 Å². The van der Waals surface area contributed by atoms with Gasteiger partial charge in [-0.15, -0.1) is 0 Å². The highest BCUT2D eigenvalue weighted by atomic mass is 31.2. The van der Waals surface area contributed by atoms with Gasteiger partial charge in [0.05, 0.1) is 26.4 Å². The lowest BCUT2D eigenvalue weighted by molar-refractivity contribution is -0.161. The molecule has 0 amide bonds. The van der Waals surface area contributed by atoms with Crippen molar-refractivity contribution in [2.24, 2.45) is 23.7 Å². The monoisotopic (exact) mass is 1490 g/mol. The van der Waals surface area contributed by atoms with Gasteiger partial charge < -0.3 is 33.8 Å². The zero-order valence-corrected chi connectivity index (χ0v) is 69.0. The van der Waals surface area contributed by atoms with Crippen molar-refractivity contribution in [2.75, 3.05) is 39.6 Å². The Hall–Kier alpha value is -1.94. The fourth-order valence-corrected chi connectivity index (χ4v) is 14.3. The van der Waals surface area contributed by atoms with Gasteiger partial charge in [0.25, 0.3) is 0 Å². The van der Waals surface area contributed by atoms with Crippen LogP contribution in [0.15, 0.2) is 0 Å². The molecule has 0 spiro atoms. The maximum atomic E-state index is 13.1. The molecule has 0 radical (unpaired) electrons. The first-order chi connectivity index (χ1) is 49.1. The molecule has 0 rings (SSSR count). The lowest BCUT2D eigenvalue weighted by Gasteiger charge is -2.21. The molecule has 0 saturated heterocycles. The van der Waals surface area contributed by atoms with Crippen molar-refractivity contribution in [3.05, 3.63) is 0 Å². The van der Waals surface area contributed by atoms with Crippen LogP contribution in [0.2, 0.25) is 0 Å². The maximum Gasteiger partial charge on any atom is 0.472 e. The first kappa shape index (κ1) is 100. The van der Waals surface area contributed by atoms with E-state index in [2.05, 4.69) is 55.4 Å². The van der Waals surface area contributed by atoms with E-state index in [0.717, 1.165) is 114 Å². The molecule has 0 heterocycles. The van der Waals surface area contributed by atoms with Gasteiger partial charge in [-0.3, -0.25) is 37.3 Å². The summed E-state index contributed by atoms with van der Waals surface area (Å²) >= 11 is 0. The largest absolute Gasteiger partial charge is 0.472 e. The zero-order chi connectivity index (χ0) is 75.3. The number of hydrogen-bond acceptors (Lipinski definition) is 15. The molecular weight excluding hydrogens is 1330 g/mol. The van der Waals surface area contributed by atoms with Gasteiger partial charge in [0.2, 0.25) is 0 Å². The first-order valence-corrected chi connectivity index (χ1v) is 45.7. The van der Waals surface area contributed by atoms with Crippen molar-refractivity contribution in [1.82, 2.24) is 0 Å². The Morgan fingerprint density at radius 1 is 0.275 bits per heavy atom. The van der Waals surface area contributed by atoms with E-state index < -0.39 is 97.5 Å². The molecule has 0 fully saturated rings. The minimum Gasteiger partial charge on any atom is -0.462 e. The van der Waals surface area contributed by atoms with Crippen molar-refractivity contribution >= 4 is 39.5 Å². The minimum atomic E-state index is -4.96. The molecule has 0 aliphatic heterocycles. The summed E-state index contributed by atoms with van der Waals surface area (Å²) in [4.78, 5) is 73.0. The highest BCUT2D eigenvalue weighted by molar-refractivity contribution is 7.47. The summed E-state index contributed by atoms with van der Waals surface area (Å²) in [5.74, 6) is 1.00. The molecule has 0 aromatic rings. The van der Waals surface area contributed by atoms with Crippen molar-refractivity contribution < 1.29 is 80.2 Å². The number of phosphoric ester groups is 2. The third kappa shape index (κ3) is 74.9. The Kier molecular flexibility index (Phi) is 70.6. The van der Waals surface area contributed by atoms with Crippen LogP contribution in [0.25, 0.3) is 0 Å². The molecule has 0 aromatic heterocycles. The zero-order valence-electron chi connectivity index (χ0n) is 67.2. The topological polar surface area (TPSA) is 237 Å². The van der Waals surface area contributed by atoms with Crippen LogP contribution in [0.1, 0.15) is 428 Å². The molecule has 0 aromatic carbocycles. The number of aliphatic hydroxyl groups is 1. The van der Waals surface area contributed by atoms with Crippen LogP contribution in [-0.2, 0) is 65.4 Å². The molecule has 6 atom stereocenters. The van der Waals surface area contributed by atoms with Gasteiger partial charge in [-0.25, -0.2) is 9.13 Å². The number of carbonyl (C=O) groups is 4. The first-order valence-electron chi connectivity index (χ1n) is 42.7. The summed E-state index contributed by atoms with van der Waals surface area (Å²) < 4.78 is 68.7. The molecule has 19 heteroatoms. The number of unbranched alkanes of at least 4 members (excludes halogenated alkanes) is 45. The third-order valence-electron chi connectivity index (χ3n) is 19.7. The Balaban J connectivity index is 5.19. The van der Waals surface area contributed by atoms with Crippen molar-refractivity contribution in [3.63, 3.8) is 0 Å². The number of carbonyl (C=O) groups excluding carboxylic acids is 4. The molecule has 17 nitrogen and oxygen atoms in total. The van der Waals surface area contributed by atoms with E-state index in [4.69, 9.17) is 37.0 Å². The molecule has 606 valence electrons. The average molecular weight is 1490 g/mol. The minimum absolute atomic E-state index is 0.106. The van der Waals surface area contributed by atoms with Crippen LogP contribution in [0.5, 0.6) is 0 Å². The Bertz CT molecular complexity index is 1990. The van der Waals surface area contributed by atoms with E-state index in [1.807, 2.05) is 0 Å². The van der Waals surface area contributed by atoms with Crippen LogP contribution >= 0.6 is 15.6 Å². The van der Waals surface area contributed by atoms with Gasteiger partial charge in [-0.1, -0.05) is 376 Å². The molecule has 0 saturated carbocycles. The average Bonchev–Trinajstić information content (AvgIpc) is 0.914. The van der Waals surface area contributed by atoms with Gasteiger partial charge in [-0.2, -0.15) is 0 Å². The molecule has 3 N–H and O–H groups in total. The molecule has 102 heavy (non-hydrogen) atoms. The highest BCUT2D eigenvalue weighted by Crippen LogP contribution is 2.45. The van der Waals surface area contributed by atoms with Gasteiger partial charge in [0.15, 0.2) is 12.2 Å². The van der Waals surface area contributed by atoms with Gasteiger partial charge >= 0.3 is 39.5 Å². The Morgan fingerprint density at radius 3 is 0.696 bits per heavy atom. The van der Waals surface area contributed by atoms with Crippen LogP contribution in [0.4, 0.5) is 0 Å². The summed E-state index contributed by atoms with van der Waals surface area (Å²) in [5.41, 5.74) is 0. The quantitative estimate of drug-likeness (QED) is 0.0222. The SMILES string of the molecule is CCC(C)CCCCCCCCCCCCCCCCCCCCC(=O)OC[C@H](COP(=O)(O)OC[C@@H](O)COP(=O)(O)OC[C@@H](COC(=O)CCCCCCCCC(C)C)OC(=O)CCCCCCCCCCCCCCCC(C)C)OC(=O)CCCCCCCCCCCCCCC(C)C. The molecule has 3 unspecified atom stereocenters. The van der Waals surface area contributed by atoms with Gasteiger partial charge in [0, 0.05) is 25.7 Å². The van der Waals surface area contributed by atoms with E-state index in [0.29, 0.717) is 31.6 Å². The number of rotatable bonds is 80. The molecular formula is C83H162O17P2. The number of ether oxygens (including phenoxy) is 4. The van der Waals surface area contributed by atoms with Crippen LogP contribution in [-0.4, -0.2) is 96.7 Å². The smallest absolute Gasteiger partial charge is 0.462 e. The Morgan fingerprint density at radius 2 is 0.471 bits per heavy atom. The molecule has 0 bridgehead atoms. The van der Waals surface area contributed by atoms with Crippen molar-refractivity contribution in [1.29, 1.82) is 0 Å². The van der Waals surface area contributed by atoms with E-state index in [1.165, 1.54) is 225 Å². The molecule has 0 aliphatic carbocycles.